The maximum absolute atomic E-state index is 11.9. The summed E-state index contributed by atoms with van der Waals surface area (Å²) < 4.78 is 0. The van der Waals surface area contributed by atoms with Gasteiger partial charge in [0.25, 0.3) is 0 Å². The minimum absolute atomic E-state index is 0.0603. The highest BCUT2D eigenvalue weighted by molar-refractivity contribution is 5.93. The van der Waals surface area contributed by atoms with Crippen molar-refractivity contribution in [2.24, 2.45) is 5.92 Å². The monoisotopic (exact) mass is 220 g/mol. The Balaban J connectivity index is 1.99. The molecule has 1 aromatic rings. The number of carbonyl (C=O) groups excluding carboxylic acids is 1. The largest absolute Gasteiger partial charge is 0.323 e. The molecule has 5 heteroatoms. The standard InChI is InChI=1S/C11H16N4O/c1-8-10(6-13-7-14-8)15-11(16)9-3-2-4-12-5-9/h6-7,9,12H,2-5H2,1H3,(H,15,16). The Morgan fingerprint density at radius 1 is 1.62 bits per heavy atom. The zero-order valence-electron chi connectivity index (χ0n) is 9.36. The number of hydrogen-bond donors (Lipinski definition) is 2. The van der Waals surface area contributed by atoms with E-state index >= 15 is 0 Å². The van der Waals surface area contributed by atoms with E-state index in [1.54, 1.807) is 6.20 Å². The van der Waals surface area contributed by atoms with Crippen molar-refractivity contribution < 1.29 is 4.79 Å². The van der Waals surface area contributed by atoms with Crippen LogP contribution in [0, 0.1) is 12.8 Å². The molecular formula is C11H16N4O. The van der Waals surface area contributed by atoms with Crippen molar-refractivity contribution in [3.63, 3.8) is 0 Å². The van der Waals surface area contributed by atoms with Gasteiger partial charge in [-0.15, -0.1) is 0 Å². The number of anilines is 1. The molecule has 1 amide bonds. The first-order valence-corrected chi connectivity index (χ1v) is 5.55. The van der Waals surface area contributed by atoms with E-state index < -0.39 is 0 Å². The smallest absolute Gasteiger partial charge is 0.228 e. The highest BCUT2D eigenvalue weighted by atomic mass is 16.1. The van der Waals surface area contributed by atoms with Gasteiger partial charge >= 0.3 is 0 Å². The van der Waals surface area contributed by atoms with E-state index in [-0.39, 0.29) is 11.8 Å². The van der Waals surface area contributed by atoms with Crippen LogP contribution >= 0.6 is 0 Å². The summed E-state index contributed by atoms with van der Waals surface area (Å²) in [6, 6.07) is 0. The molecule has 1 fully saturated rings. The predicted octanol–water partition coefficient (Wildman–Crippen LogP) is 0.723. The Morgan fingerprint density at radius 2 is 2.50 bits per heavy atom. The minimum Gasteiger partial charge on any atom is -0.323 e. The minimum atomic E-state index is 0.0603. The van der Waals surface area contributed by atoms with Gasteiger partial charge in [0, 0.05) is 6.54 Å². The molecule has 5 nitrogen and oxygen atoms in total. The average Bonchev–Trinajstić information content (AvgIpc) is 2.33. The van der Waals surface area contributed by atoms with Crippen LogP contribution < -0.4 is 10.6 Å². The lowest BCUT2D eigenvalue weighted by Crippen LogP contribution is -2.37. The lowest BCUT2D eigenvalue weighted by molar-refractivity contribution is -0.120. The lowest BCUT2D eigenvalue weighted by Gasteiger charge is -2.22. The molecule has 1 aliphatic rings. The van der Waals surface area contributed by atoms with E-state index in [9.17, 15) is 4.79 Å². The number of hydrogen-bond acceptors (Lipinski definition) is 4. The fourth-order valence-corrected chi connectivity index (χ4v) is 1.82. The van der Waals surface area contributed by atoms with Crippen LogP contribution in [0.2, 0.25) is 0 Å². The molecular weight excluding hydrogens is 204 g/mol. The van der Waals surface area contributed by atoms with Gasteiger partial charge in [-0.3, -0.25) is 4.79 Å². The van der Waals surface area contributed by atoms with E-state index in [1.165, 1.54) is 6.33 Å². The molecule has 0 aliphatic carbocycles. The van der Waals surface area contributed by atoms with Crippen molar-refractivity contribution in [1.29, 1.82) is 0 Å². The summed E-state index contributed by atoms with van der Waals surface area (Å²) in [6.07, 6.45) is 5.12. The number of nitrogens with one attached hydrogen (secondary N) is 2. The quantitative estimate of drug-likeness (QED) is 0.770. The zero-order valence-corrected chi connectivity index (χ0v) is 9.36. The first-order chi connectivity index (χ1) is 7.77. The van der Waals surface area contributed by atoms with Crippen molar-refractivity contribution in [1.82, 2.24) is 15.3 Å². The third-order valence-electron chi connectivity index (χ3n) is 2.84. The van der Waals surface area contributed by atoms with Gasteiger partial charge in [0.05, 0.1) is 23.5 Å². The van der Waals surface area contributed by atoms with Gasteiger partial charge in [-0.2, -0.15) is 0 Å². The molecule has 0 bridgehead atoms. The SMILES string of the molecule is Cc1ncncc1NC(=O)C1CCCNC1. The molecule has 1 aliphatic heterocycles. The summed E-state index contributed by atoms with van der Waals surface area (Å²) in [5.74, 6) is 0.124. The topological polar surface area (TPSA) is 66.9 Å². The van der Waals surface area contributed by atoms with Gasteiger partial charge in [0.1, 0.15) is 6.33 Å². The number of amides is 1. The summed E-state index contributed by atoms with van der Waals surface area (Å²) in [4.78, 5) is 19.9. The molecule has 1 atom stereocenters. The molecule has 1 unspecified atom stereocenters. The highest BCUT2D eigenvalue weighted by Crippen LogP contribution is 2.14. The molecule has 2 rings (SSSR count). The van der Waals surface area contributed by atoms with Gasteiger partial charge in [-0.25, -0.2) is 9.97 Å². The predicted molar refractivity (Wildman–Crippen MR) is 61.0 cm³/mol. The number of rotatable bonds is 2. The normalized spacial score (nSPS) is 20.4. The highest BCUT2D eigenvalue weighted by Gasteiger charge is 2.21. The van der Waals surface area contributed by atoms with Crippen LogP contribution in [0.15, 0.2) is 12.5 Å². The molecule has 0 spiro atoms. The van der Waals surface area contributed by atoms with Crippen molar-refractivity contribution in [2.45, 2.75) is 19.8 Å². The van der Waals surface area contributed by atoms with Crippen LogP contribution in [0.25, 0.3) is 0 Å². The molecule has 16 heavy (non-hydrogen) atoms. The van der Waals surface area contributed by atoms with Gasteiger partial charge in [0.2, 0.25) is 5.91 Å². The van der Waals surface area contributed by atoms with Crippen LogP contribution in [0.5, 0.6) is 0 Å². The van der Waals surface area contributed by atoms with Gasteiger partial charge < -0.3 is 10.6 Å². The van der Waals surface area contributed by atoms with Gasteiger partial charge in [-0.1, -0.05) is 0 Å². The van der Waals surface area contributed by atoms with Crippen molar-refractivity contribution in [2.75, 3.05) is 18.4 Å². The second-order valence-electron chi connectivity index (χ2n) is 4.05. The third kappa shape index (κ3) is 2.55. The summed E-state index contributed by atoms with van der Waals surface area (Å²) in [5.41, 5.74) is 1.50. The summed E-state index contributed by atoms with van der Waals surface area (Å²) in [7, 11) is 0. The molecule has 1 saturated heterocycles. The molecule has 2 heterocycles. The summed E-state index contributed by atoms with van der Waals surface area (Å²) in [6.45, 7) is 3.63. The van der Waals surface area contributed by atoms with Gasteiger partial charge in [-0.05, 0) is 26.3 Å². The van der Waals surface area contributed by atoms with Crippen molar-refractivity contribution >= 4 is 11.6 Å². The Bertz CT molecular complexity index is 374. The first kappa shape index (κ1) is 11.0. The van der Waals surface area contributed by atoms with E-state index in [1.807, 2.05) is 6.92 Å². The van der Waals surface area contributed by atoms with Crippen LogP contribution in [0.4, 0.5) is 5.69 Å². The fourth-order valence-electron chi connectivity index (χ4n) is 1.82. The molecule has 1 aromatic heterocycles. The zero-order chi connectivity index (χ0) is 11.4. The number of nitrogens with zero attached hydrogens (tertiary/aromatic N) is 2. The Labute approximate surface area is 94.7 Å². The van der Waals surface area contributed by atoms with Crippen molar-refractivity contribution in [3.05, 3.63) is 18.2 Å². The maximum Gasteiger partial charge on any atom is 0.228 e. The van der Waals surface area contributed by atoms with E-state index in [4.69, 9.17) is 0 Å². The van der Waals surface area contributed by atoms with E-state index in [0.29, 0.717) is 5.69 Å². The second kappa shape index (κ2) is 5.03. The molecule has 2 N–H and O–H groups in total. The van der Waals surface area contributed by atoms with Crippen LogP contribution in [-0.2, 0) is 4.79 Å². The molecule has 0 aromatic carbocycles. The first-order valence-electron chi connectivity index (χ1n) is 5.55. The lowest BCUT2D eigenvalue weighted by atomic mass is 9.99. The molecule has 86 valence electrons. The number of carbonyl (C=O) groups is 1. The number of aryl methyl sites for hydroxylation is 1. The molecule has 0 radical (unpaired) electrons. The van der Waals surface area contributed by atoms with E-state index in [2.05, 4.69) is 20.6 Å². The Hall–Kier alpha value is -1.49. The molecule has 0 saturated carbocycles. The average molecular weight is 220 g/mol. The van der Waals surface area contributed by atoms with Crippen LogP contribution in [0.1, 0.15) is 18.5 Å². The number of aromatic nitrogens is 2. The van der Waals surface area contributed by atoms with Crippen LogP contribution in [0.3, 0.4) is 0 Å². The Morgan fingerprint density at radius 3 is 3.19 bits per heavy atom. The maximum atomic E-state index is 11.9. The van der Waals surface area contributed by atoms with E-state index in [0.717, 1.165) is 31.6 Å². The van der Waals surface area contributed by atoms with Gasteiger partial charge in [0.15, 0.2) is 0 Å². The van der Waals surface area contributed by atoms with Crippen LogP contribution in [-0.4, -0.2) is 29.0 Å². The summed E-state index contributed by atoms with van der Waals surface area (Å²) in [5, 5.41) is 6.10. The Kier molecular flexibility index (Phi) is 3.46. The number of piperidine rings is 1. The summed E-state index contributed by atoms with van der Waals surface area (Å²) >= 11 is 0. The fraction of sp³-hybridized carbons (Fsp3) is 0.545. The third-order valence-corrected chi connectivity index (χ3v) is 2.84. The second-order valence-corrected chi connectivity index (χ2v) is 4.05. The van der Waals surface area contributed by atoms with Crippen molar-refractivity contribution in [3.8, 4) is 0 Å².